The molecule has 3 N–H and O–H groups in total. The number of carbonyl (C=O) groups is 2. The number of anilines is 3. The number of fused-ring (bicyclic) bond motifs is 1. The standard InChI is InChI=1S/C30H47N5O6Si/c1-11-39-26(36)18-32-21-12-13-25(38-8)35-27(21)33-20-14-19-15-24(41-42(9,10)30(5,6)7)23(16-22(19)31-17-20)34-28(37)40-29(2,3)4/h12-14,17,23-24,32H,11,15-16,18H2,1-10H3,(H,33,35)(H,34,37)/t23-,24+/m1/s1. The van der Waals surface area contributed by atoms with Crippen molar-refractivity contribution in [2.24, 2.45) is 0 Å². The van der Waals surface area contributed by atoms with Gasteiger partial charge in [0, 0.05) is 24.6 Å². The molecule has 2 atom stereocenters. The van der Waals surface area contributed by atoms with E-state index in [1.54, 1.807) is 32.4 Å². The van der Waals surface area contributed by atoms with Gasteiger partial charge in [0.1, 0.15) is 12.1 Å². The molecule has 0 saturated heterocycles. The first-order valence-corrected chi connectivity index (χ1v) is 17.3. The van der Waals surface area contributed by atoms with Gasteiger partial charge in [-0.3, -0.25) is 9.78 Å². The normalized spacial score (nSPS) is 17.1. The summed E-state index contributed by atoms with van der Waals surface area (Å²) < 4.78 is 22.8. The van der Waals surface area contributed by atoms with E-state index in [0.717, 1.165) is 16.9 Å². The zero-order chi connectivity index (χ0) is 31.3. The summed E-state index contributed by atoms with van der Waals surface area (Å²) in [5.74, 6) is 0.538. The average molecular weight is 602 g/mol. The van der Waals surface area contributed by atoms with Crippen LogP contribution in [0.25, 0.3) is 0 Å². The van der Waals surface area contributed by atoms with Crippen molar-refractivity contribution in [3.05, 3.63) is 35.7 Å². The molecule has 2 aromatic rings. The van der Waals surface area contributed by atoms with E-state index in [1.165, 1.54) is 0 Å². The lowest BCUT2D eigenvalue weighted by molar-refractivity contribution is -0.140. The maximum Gasteiger partial charge on any atom is 0.407 e. The SMILES string of the molecule is CCOC(=O)CNc1ccc(OC)nc1Nc1cnc2c(c1)C[C@H](O[Si](C)(C)C(C)(C)C)[C@H](NC(=O)OC(C)(C)C)C2. The molecule has 232 valence electrons. The molecular formula is C30H47N5O6Si. The number of carbonyl (C=O) groups excluding carboxylic acids is 2. The molecule has 0 fully saturated rings. The van der Waals surface area contributed by atoms with Crippen molar-refractivity contribution in [1.82, 2.24) is 15.3 Å². The fourth-order valence-corrected chi connectivity index (χ4v) is 5.62. The highest BCUT2D eigenvalue weighted by atomic mass is 28.4. The Morgan fingerprint density at radius 2 is 1.81 bits per heavy atom. The van der Waals surface area contributed by atoms with E-state index in [-0.39, 0.29) is 29.7 Å². The molecule has 2 aromatic heterocycles. The molecule has 1 aliphatic carbocycles. The highest BCUT2D eigenvalue weighted by Crippen LogP contribution is 2.39. The van der Waals surface area contributed by atoms with Gasteiger partial charge >= 0.3 is 12.1 Å². The van der Waals surface area contributed by atoms with E-state index in [4.69, 9.17) is 23.6 Å². The van der Waals surface area contributed by atoms with Crippen LogP contribution in [0.4, 0.5) is 22.0 Å². The van der Waals surface area contributed by atoms with E-state index in [1.807, 2.05) is 26.8 Å². The maximum absolute atomic E-state index is 12.8. The summed E-state index contributed by atoms with van der Waals surface area (Å²) in [6.07, 6.45) is 2.10. The van der Waals surface area contributed by atoms with Gasteiger partial charge in [0.25, 0.3) is 0 Å². The fourth-order valence-electron chi connectivity index (χ4n) is 4.26. The molecule has 2 heterocycles. The number of alkyl carbamates (subject to hydrolysis) is 1. The zero-order valence-electron chi connectivity index (χ0n) is 26.6. The number of ether oxygens (including phenoxy) is 3. The van der Waals surface area contributed by atoms with Gasteiger partial charge in [0.2, 0.25) is 5.88 Å². The Morgan fingerprint density at radius 1 is 1.10 bits per heavy atom. The Kier molecular flexibility index (Phi) is 10.5. The summed E-state index contributed by atoms with van der Waals surface area (Å²) in [6.45, 7) is 18.6. The summed E-state index contributed by atoms with van der Waals surface area (Å²) >= 11 is 0. The number of methoxy groups -OCH3 is 1. The number of hydrogen-bond acceptors (Lipinski definition) is 10. The van der Waals surface area contributed by atoms with Gasteiger partial charge in [-0.15, -0.1) is 0 Å². The third-order valence-electron chi connectivity index (χ3n) is 7.37. The first-order valence-electron chi connectivity index (χ1n) is 14.4. The lowest BCUT2D eigenvalue weighted by Crippen LogP contribution is -2.55. The van der Waals surface area contributed by atoms with Gasteiger partial charge in [-0.2, -0.15) is 4.98 Å². The molecule has 0 aliphatic heterocycles. The molecule has 12 heteroatoms. The second-order valence-corrected chi connectivity index (χ2v) is 17.7. The monoisotopic (exact) mass is 601 g/mol. The van der Waals surface area contributed by atoms with Crippen LogP contribution in [0.5, 0.6) is 5.88 Å². The fraction of sp³-hybridized carbons (Fsp3) is 0.600. The third-order valence-corrected chi connectivity index (χ3v) is 11.9. The highest BCUT2D eigenvalue weighted by Gasteiger charge is 2.43. The van der Waals surface area contributed by atoms with Gasteiger partial charge in [0.15, 0.2) is 14.1 Å². The van der Waals surface area contributed by atoms with E-state index in [0.29, 0.717) is 36.8 Å². The summed E-state index contributed by atoms with van der Waals surface area (Å²) in [6, 6.07) is 5.25. The van der Waals surface area contributed by atoms with E-state index in [2.05, 4.69) is 54.8 Å². The van der Waals surface area contributed by atoms with Crippen LogP contribution in [0, 0.1) is 0 Å². The van der Waals surface area contributed by atoms with Gasteiger partial charge in [0.05, 0.1) is 43.4 Å². The molecule has 0 saturated carbocycles. The highest BCUT2D eigenvalue weighted by molar-refractivity contribution is 6.74. The number of rotatable bonds is 10. The average Bonchev–Trinajstić information content (AvgIpc) is 2.86. The van der Waals surface area contributed by atoms with Gasteiger partial charge < -0.3 is 34.6 Å². The number of pyridine rings is 2. The zero-order valence-corrected chi connectivity index (χ0v) is 27.6. The van der Waals surface area contributed by atoms with Crippen LogP contribution >= 0.6 is 0 Å². The number of esters is 1. The van der Waals surface area contributed by atoms with Crippen LogP contribution in [0.15, 0.2) is 24.4 Å². The summed E-state index contributed by atoms with van der Waals surface area (Å²) in [5, 5.41) is 9.45. The molecule has 1 amide bonds. The van der Waals surface area contributed by atoms with Gasteiger partial charge in [-0.25, -0.2) is 4.79 Å². The van der Waals surface area contributed by atoms with Crippen molar-refractivity contribution < 1.29 is 28.2 Å². The van der Waals surface area contributed by atoms with E-state index < -0.39 is 20.0 Å². The molecule has 0 bridgehead atoms. The van der Waals surface area contributed by atoms with Crippen molar-refractivity contribution in [3.8, 4) is 5.88 Å². The van der Waals surface area contributed by atoms with Crippen LogP contribution < -0.4 is 20.7 Å². The number of amides is 1. The molecule has 11 nitrogen and oxygen atoms in total. The largest absolute Gasteiger partial charge is 0.481 e. The van der Waals surface area contributed by atoms with Crippen molar-refractivity contribution in [2.45, 2.75) is 97.2 Å². The second-order valence-electron chi connectivity index (χ2n) is 12.9. The van der Waals surface area contributed by atoms with Crippen LogP contribution in [-0.4, -0.2) is 68.4 Å². The summed E-state index contributed by atoms with van der Waals surface area (Å²) in [7, 11) is -0.624. The molecule has 0 spiro atoms. The first kappa shape index (κ1) is 33.1. The molecule has 0 unspecified atom stereocenters. The third kappa shape index (κ3) is 9.06. The Labute approximate surface area is 250 Å². The van der Waals surface area contributed by atoms with Crippen LogP contribution in [0.3, 0.4) is 0 Å². The second kappa shape index (κ2) is 13.3. The Hall–Kier alpha value is -3.38. The Balaban J connectivity index is 1.88. The quantitative estimate of drug-likeness (QED) is 0.234. The number of nitrogens with one attached hydrogen (secondary N) is 3. The summed E-state index contributed by atoms with van der Waals surface area (Å²) in [4.78, 5) is 34.0. The minimum Gasteiger partial charge on any atom is -0.481 e. The van der Waals surface area contributed by atoms with Crippen LogP contribution in [-0.2, 0) is 31.5 Å². The van der Waals surface area contributed by atoms with Crippen molar-refractivity contribution in [2.75, 3.05) is 30.9 Å². The minimum atomic E-state index is -2.17. The van der Waals surface area contributed by atoms with Crippen molar-refractivity contribution >= 4 is 37.6 Å². The lowest BCUT2D eigenvalue weighted by atomic mass is 9.89. The lowest BCUT2D eigenvalue weighted by Gasteiger charge is -2.43. The predicted octanol–water partition coefficient (Wildman–Crippen LogP) is 5.59. The maximum atomic E-state index is 12.8. The minimum absolute atomic E-state index is 0.00251. The van der Waals surface area contributed by atoms with Crippen molar-refractivity contribution in [1.29, 1.82) is 0 Å². The Bertz CT molecular complexity index is 1260. The van der Waals surface area contributed by atoms with Crippen molar-refractivity contribution in [3.63, 3.8) is 0 Å². The topological polar surface area (TPSA) is 133 Å². The van der Waals surface area contributed by atoms with E-state index in [9.17, 15) is 9.59 Å². The first-order chi connectivity index (χ1) is 19.5. The molecule has 3 rings (SSSR count). The van der Waals surface area contributed by atoms with E-state index >= 15 is 0 Å². The molecule has 42 heavy (non-hydrogen) atoms. The smallest absolute Gasteiger partial charge is 0.407 e. The van der Waals surface area contributed by atoms with Gasteiger partial charge in [-0.1, -0.05) is 20.8 Å². The molecule has 1 aliphatic rings. The number of hydrogen-bond donors (Lipinski definition) is 3. The molecule has 0 aromatic carbocycles. The Morgan fingerprint density at radius 3 is 2.43 bits per heavy atom. The number of aromatic nitrogens is 2. The van der Waals surface area contributed by atoms with Gasteiger partial charge in [-0.05, 0) is 63.5 Å². The van der Waals surface area contributed by atoms with Crippen LogP contribution in [0.1, 0.15) is 59.7 Å². The molecule has 0 radical (unpaired) electrons. The predicted molar refractivity (Wildman–Crippen MR) is 166 cm³/mol. The number of nitrogens with zero attached hydrogens (tertiary/aromatic N) is 2. The molecular weight excluding hydrogens is 554 g/mol. The van der Waals surface area contributed by atoms with Crippen LogP contribution in [0.2, 0.25) is 18.1 Å². The summed E-state index contributed by atoms with van der Waals surface area (Å²) in [5.41, 5.74) is 2.63.